The van der Waals surface area contributed by atoms with Crippen LogP contribution in [0.1, 0.15) is 116 Å². The number of benzene rings is 1. The lowest BCUT2D eigenvalue weighted by atomic mass is 10.0. The Morgan fingerprint density at radius 3 is 1.62 bits per heavy atom. The number of nitrogens with zero attached hydrogens (tertiary/aromatic N) is 1. The molecule has 0 radical (unpaired) electrons. The van der Waals surface area contributed by atoms with Crippen LogP contribution in [0.5, 0.6) is 0 Å². The van der Waals surface area contributed by atoms with Crippen molar-refractivity contribution in [2.45, 2.75) is 117 Å². The van der Waals surface area contributed by atoms with Crippen molar-refractivity contribution in [2.75, 3.05) is 33.7 Å². The summed E-state index contributed by atoms with van der Waals surface area (Å²) >= 11 is 0. The van der Waals surface area contributed by atoms with Crippen LogP contribution in [0.25, 0.3) is 0 Å². The van der Waals surface area contributed by atoms with E-state index in [-0.39, 0.29) is 0 Å². The fourth-order valence-electron chi connectivity index (χ4n) is 4.66. The molecule has 186 valence electrons. The van der Waals surface area contributed by atoms with Gasteiger partial charge in [0.2, 0.25) is 0 Å². The molecular formula is C30H57N2+. The molecule has 1 aromatic carbocycles. The zero-order valence-corrected chi connectivity index (χ0v) is 22.3. The third-order valence-electron chi connectivity index (χ3n) is 6.71. The number of rotatable bonds is 22. The average molecular weight is 446 g/mol. The van der Waals surface area contributed by atoms with Crippen LogP contribution in [0.3, 0.4) is 0 Å². The Morgan fingerprint density at radius 2 is 1.09 bits per heavy atom. The Bertz CT molecular complexity index is 509. The molecule has 0 spiro atoms. The lowest BCUT2D eigenvalue weighted by Gasteiger charge is -2.30. The van der Waals surface area contributed by atoms with E-state index in [1.165, 1.54) is 115 Å². The van der Waals surface area contributed by atoms with Gasteiger partial charge in [-0.2, -0.15) is 0 Å². The number of unbranched alkanes of at least 4 members (excludes halogenated alkanes) is 12. The molecule has 1 rings (SSSR count). The summed E-state index contributed by atoms with van der Waals surface area (Å²) in [5.74, 6) is 0.888. The van der Waals surface area contributed by atoms with Crippen LogP contribution in [0, 0.1) is 5.92 Å². The first-order chi connectivity index (χ1) is 15.5. The summed E-state index contributed by atoms with van der Waals surface area (Å²) in [4.78, 5) is 0. The molecule has 0 bridgehead atoms. The van der Waals surface area contributed by atoms with Crippen molar-refractivity contribution in [3.8, 4) is 0 Å². The summed E-state index contributed by atoms with van der Waals surface area (Å²) in [6, 6.07) is 10.9. The van der Waals surface area contributed by atoms with Crippen LogP contribution < -0.4 is 5.32 Å². The van der Waals surface area contributed by atoms with Gasteiger partial charge < -0.3 is 9.80 Å². The molecule has 0 aliphatic rings. The van der Waals surface area contributed by atoms with E-state index in [1.807, 2.05) is 0 Å². The van der Waals surface area contributed by atoms with Crippen molar-refractivity contribution in [3.05, 3.63) is 35.9 Å². The molecule has 0 amide bonds. The molecule has 0 saturated heterocycles. The third kappa shape index (κ3) is 18.7. The summed E-state index contributed by atoms with van der Waals surface area (Å²) in [7, 11) is 4.70. The van der Waals surface area contributed by atoms with Gasteiger partial charge in [-0.3, -0.25) is 0 Å². The Morgan fingerprint density at radius 1 is 0.625 bits per heavy atom. The highest BCUT2D eigenvalue weighted by Crippen LogP contribution is 2.14. The van der Waals surface area contributed by atoms with Gasteiger partial charge in [0.25, 0.3) is 0 Å². The van der Waals surface area contributed by atoms with Crippen molar-refractivity contribution in [1.82, 2.24) is 5.32 Å². The van der Waals surface area contributed by atoms with Crippen LogP contribution in [-0.4, -0.2) is 38.2 Å². The molecule has 0 saturated carbocycles. The first-order valence-electron chi connectivity index (χ1n) is 14.1. The lowest BCUT2D eigenvalue weighted by Crippen LogP contribution is -2.40. The summed E-state index contributed by atoms with van der Waals surface area (Å²) in [5, 5.41) is 3.66. The lowest BCUT2D eigenvalue weighted by molar-refractivity contribution is -0.903. The van der Waals surface area contributed by atoms with Crippen molar-refractivity contribution < 1.29 is 4.48 Å². The Kier molecular flexibility index (Phi) is 17.9. The molecule has 1 aromatic rings. The Hall–Kier alpha value is -0.860. The second-order valence-electron chi connectivity index (χ2n) is 11.2. The molecule has 2 nitrogen and oxygen atoms in total. The summed E-state index contributed by atoms with van der Waals surface area (Å²) in [5.41, 5.74) is 1.44. The summed E-state index contributed by atoms with van der Waals surface area (Å²) < 4.78 is 1.07. The van der Waals surface area contributed by atoms with Crippen LogP contribution in [0.4, 0.5) is 0 Å². The van der Waals surface area contributed by atoms with E-state index in [2.05, 4.69) is 63.6 Å². The van der Waals surface area contributed by atoms with Gasteiger partial charge in [-0.15, -0.1) is 0 Å². The average Bonchev–Trinajstić information content (AvgIpc) is 2.75. The van der Waals surface area contributed by atoms with E-state index < -0.39 is 0 Å². The van der Waals surface area contributed by atoms with Crippen molar-refractivity contribution >= 4 is 0 Å². The highest BCUT2D eigenvalue weighted by Gasteiger charge is 2.14. The predicted molar refractivity (Wildman–Crippen MR) is 144 cm³/mol. The molecule has 0 aromatic heterocycles. The van der Waals surface area contributed by atoms with Gasteiger partial charge >= 0.3 is 0 Å². The second kappa shape index (κ2) is 19.6. The maximum absolute atomic E-state index is 3.66. The molecule has 32 heavy (non-hydrogen) atoms. The first kappa shape index (κ1) is 29.2. The van der Waals surface area contributed by atoms with Crippen LogP contribution >= 0.6 is 0 Å². The Balaban J connectivity index is 1.77. The van der Waals surface area contributed by atoms with E-state index in [4.69, 9.17) is 0 Å². The minimum Gasteiger partial charge on any atom is -0.325 e. The molecule has 0 unspecified atom stereocenters. The van der Waals surface area contributed by atoms with Crippen LogP contribution in [-0.2, 0) is 6.54 Å². The molecular weight excluding hydrogens is 388 g/mol. The van der Waals surface area contributed by atoms with E-state index in [0.717, 1.165) is 23.5 Å². The molecule has 0 fully saturated rings. The highest BCUT2D eigenvalue weighted by atomic mass is 15.3. The SMILES string of the molecule is CC(C)CCCCCCCCCCCCCCCNCCC[N+](C)(C)Cc1ccccc1. The standard InChI is InChI=1S/C30H57N2/c1-29(2)22-17-14-12-10-8-6-5-7-9-11-13-15-20-25-31-26-21-27-32(3,4)28-30-23-18-16-19-24-30/h16,18-19,23-24,29,31H,5-15,17,20-22,25-28H2,1-4H3/q+1. The Labute approximate surface area is 202 Å². The number of hydrogen-bond donors (Lipinski definition) is 1. The van der Waals surface area contributed by atoms with E-state index in [0.29, 0.717) is 0 Å². The van der Waals surface area contributed by atoms with Crippen LogP contribution in [0.15, 0.2) is 30.3 Å². The zero-order chi connectivity index (χ0) is 23.3. The van der Waals surface area contributed by atoms with Gasteiger partial charge in [-0.1, -0.05) is 128 Å². The molecule has 2 heteroatoms. The fourth-order valence-corrected chi connectivity index (χ4v) is 4.66. The highest BCUT2D eigenvalue weighted by molar-refractivity contribution is 5.13. The molecule has 0 atom stereocenters. The number of quaternary nitrogens is 1. The maximum Gasteiger partial charge on any atom is 0.104 e. The largest absolute Gasteiger partial charge is 0.325 e. The van der Waals surface area contributed by atoms with Gasteiger partial charge in [-0.05, 0) is 18.9 Å². The second-order valence-corrected chi connectivity index (χ2v) is 11.2. The van der Waals surface area contributed by atoms with Gasteiger partial charge in [0.05, 0.1) is 20.6 Å². The van der Waals surface area contributed by atoms with E-state index in [1.54, 1.807) is 0 Å². The van der Waals surface area contributed by atoms with Gasteiger partial charge in [-0.25, -0.2) is 0 Å². The first-order valence-corrected chi connectivity index (χ1v) is 14.1. The van der Waals surface area contributed by atoms with Crippen molar-refractivity contribution in [3.63, 3.8) is 0 Å². The number of hydrogen-bond acceptors (Lipinski definition) is 1. The normalized spacial score (nSPS) is 12.0. The minimum absolute atomic E-state index is 0.888. The quantitative estimate of drug-likeness (QED) is 0.140. The van der Waals surface area contributed by atoms with E-state index >= 15 is 0 Å². The van der Waals surface area contributed by atoms with E-state index in [9.17, 15) is 0 Å². The molecule has 0 heterocycles. The van der Waals surface area contributed by atoms with Crippen LogP contribution in [0.2, 0.25) is 0 Å². The molecule has 0 aliphatic carbocycles. The predicted octanol–water partition coefficient (Wildman–Crippen LogP) is 8.36. The smallest absolute Gasteiger partial charge is 0.104 e. The van der Waals surface area contributed by atoms with Gasteiger partial charge in [0.15, 0.2) is 0 Å². The third-order valence-corrected chi connectivity index (χ3v) is 6.71. The molecule has 0 aliphatic heterocycles. The number of nitrogens with one attached hydrogen (secondary N) is 1. The topological polar surface area (TPSA) is 12.0 Å². The van der Waals surface area contributed by atoms with Crippen molar-refractivity contribution in [1.29, 1.82) is 0 Å². The summed E-state index contributed by atoms with van der Waals surface area (Å²) in [6.45, 7) is 9.40. The minimum atomic E-state index is 0.888. The van der Waals surface area contributed by atoms with Gasteiger partial charge in [0, 0.05) is 18.5 Å². The zero-order valence-electron chi connectivity index (χ0n) is 22.3. The maximum atomic E-state index is 3.66. The molecule has 1 N–H and O–H groups in total. The fraction of sp³-hybridized carbons (Fsp3) is 0.800. The monoisotopic (exact) mass is 445 g/mol. The van der Waals surface area contributed by atoms with Gasteiger partial charge in [0.1, 0.15) is 6.54 Å². The van der Waals surface area contributed by atoms with Crippen molar-refractivity contribution in [2.24, 2.45) is 5.92 Å². The summed E-state index contributed by atoms with van der Waals surface area (Å²) in [6.07, 6.45) is 21.5.